The standard InChI is InChI=1S/C22H25BrN4O5S2/c1-22(2,33-14-19-25-12-13-26(19)3)20(21(24)28)27(29)34(30,31)18-10-8-17(9-11-18)32-16-6-4-15(23)5-7-16/h4-13,20,29H,14H2,1-3H3,(H2,24,28)/t20-/m0/s1. The van der Waals surface area contributed by atoms with E-state index in [1.54, 1.807) is 38.4 Å². The summed E-state index contributed by atoms with van der Waals surface area (Å²) < 4.78 is 33.6. The number of nitrogens with two attached hydrogens (primary N) is 1. The smallest absolute Gasteiger partial charge is 0.265 e. The van der Waals surface area contributed by atoms with Gasteiger partial charge in [-0.05, 0) is 62.4 Å². The number of ether oxygens (including phenoxy) is 1. The lowest BCUT2D eigenvalue weighted by Crippen LogP contribution is -2.55. The van der Waals surface area contributed by atoms with Crippen LogP contribution in [0.1, 0.15) is 19.7 Å². The maximum Gasteiger partial charge on any atom is 0.265 e. The van der Waals surface area contributed by atoms with Crippen molar-refractivity contribution >= 4 is 43.6 Å². The lowest BCUT2D eigenvalue weighted by Gasteiger charge is -2.35. The summed E-state index contributed by atoms with van der Waals surface area (Å²) in [6.45, 7) is 3.29. The van der Waals surface area contributed by atoms with Gasteiger partial charge in [-0.3, -0.25) is 10.0 Å². The number of primary amides is 1. The third-order valence-electron chi connectivity index (χ3n) is 5.06. The SMILES string of the molecule is Cn1ccnc1CSC(C)(C)[C@H](C(N)=O)N(O)S(=O)(=O)c1ccc(Oc2ccc(Br)cc2)cc1. The minimum Gasteiger partial charge on any atom is -0.457 e. The molecule has 182 valence electrons. The zero-order chi connectivity index (χ0) is 25.1. The van der Waals surface area contributed by atoms with Gasteiger partial charge in [-0.2, -0.15) is 0 Å². The average molecular weight is 570 g/mol. The molecular weight excluding hydrogens is 544 g/mol. The quantitative estimate of drug-likeness (QED) is 0.354. The maximum atomic E-state index is 13.1. The van der Waals surface area contributed by atoms with Crippen LogP contribution in [0.25, 0.3) is 0 Å². The van der Waals surface area contributed by atoms with Crippen molar-refractivity contribution in [2.45, 2.75) is 35.3 Å². The second-order valence-corrected chi connectivity index (χ2v) is 12.3. The van der Waals surface area contributed by atoms with Crippen LogP contribution in [0.5, 0.6) is 11.5 Å². The number of hydrogen-bond donors (Lipinski definition) is 2. The summed E-state index contributed by atoms with van der Waals surface area (Å²) in [4.78, 5) is 16.3. The zero-order valence-corrected chi connectivity index (χ0v) is 22.0. The fourth-order valence-corrected chi connectivity index (χ4v) is 5.97. The molecule has 0 bridgehead atoms. The lowest BCUT2D eigenvalue weighted by atomic mass is 10.0. The molecule has 1 aromatic heterocycles. The Morgan fingerprint density at radius 3 is 2.26 bits per heavy atom. The third kappa shape index (κ3) is 5.99. The Labute approximate surface area is 211 Å². The fraction of sp³-hybridized carbons (Fsp3) is 0.273. The van der Waals surface area contributed by atoms with Crippen LogP contribution in [0.2, 0.25) is 0 Å². The number of carbonyl (C=O) groups excluding carboxylic acids is 1. The molecule has 0 aliphatic heterocycles. The van der Waals surface area contributed by atoms with E-state index in [1.165, 1.54) is 36.0 Å². The number of amides is 1. The van der Waals surface area contributed by atoms with Gasteiger partial charge in [0, 0.05) is 28.7 Å². The van der Waals surface area contributed by atoms with Gasteiger partial charge >= 0.3 is 0 Å². The maximum absolute atomic E-state index is 13.1. The van der Waals surface area contributed by atoms with Crippen molar-refractivity contribution in [3.05, 3.63) is 71.2 Å². The molecule has 1 heterocycles. The Morgan fingerprint density at radius 1 is 1.21 bits per heavy atom. The summed E-state index contributed by atoms with van der Waals surface area (Å²) >= 11 is 4.60. The van der Waals surface area contributed by atoms with E-state index in [0.717, 1.165) is 10.3 Å². The van der Waals surface area contributed by atoms with E-state index < -0.39 is 26.7 Å². The highest BCUT2D eigenvalue weighted by atomic mass is 79.9. The molecule has 3 rings (SSSR count). The molecule has 0 aliphatic carbocycles. The predicted molar refractivity (Wildman–Crippen MR) is 133 cm³/mol. The number of imidazole rings is 1. The Kier molecular flexibility index (Phi) is 8.09. The van der Waals surface area contributed by atoms with Gasteiger partial charge < -0.3 is 15.0 Å². The number of carbonyl (C=O) groups is 1. The normalized spacial score (nSPS) is 13.1. The van der Waals surface area contributed by atoms with Gasteiger partial charge in [-0.25, -0.2) is 13.4 Å². The number of benzene rings is 2. The first-order valence-corrected chi connectivity index (χ1v) is 13.3. The van der Waals surface area contributed by atoms with Crippen LogP contribution in [-0.4, -0.2) is 44.3 Å². The van der Waals surface area contributed by atoms with Crippen LogP contribution in [0.4, 0.5) is 0 Å². The molecule has 0 unspecified atom stereocenters. The number of halogens is 1. The van der Waals surface area contributed by atoms with E-state index in [9.17, 15) is 18.4 Å². The summed E-state index contributed by atoms with van der Waals surface area (Å²) in [5.74, 6) is 1.12. The summed E-state index contributed by atoms with van der Waals surface area (Å²) in [5, 5.41) is 10.7. The van der Waals surface area contributed by atoms with Gasteiger partial charge in [0.25, 0.3) is 10.0 Å². The first-order chi connectivity index (χ1) is 15.9. The van der Waals surface area contributed by atoms with Crippen molar-refractivity contribution in [3.8, 4) is 11.5 Å². The van der Waals surface area contributed by atoms with E-state index in [2.05, 4.69) is 20.9 Å². The number of aromatic nitrogens is 2. The fourth-order valence-electron chi connectivity index (χ4n) is 3.15. The largest absolute Gasteiger partial charge is 0.457 e. The minimum atomic E-state index is -4.45. The third-order valence-corrected chi connectivity index (χ3v) is 8.53. The Morgan fingerprint density at radius 2 is 1.76 bits per heavy atom. The Bertz CT molecular complexity index is 1250. The highest BCUT2D eigenvalue weighted by Crippen LogP contribution is 2.35. The topological polar surface area (TPSA) is 128 Å². The predicted octanol–water partition coefficient (Wildman–Crippen LogP) is 3.92. The first kappa shape index (κ1) is 26.2. The number of sulfonamides is 1. The first-order valence-electron chi connectivity index (χ1n) is 10.1. The summed E-state index contributed by atoms with van der Waals surface area (Å²) in [7, 11) is -2.62. The summed E-state index contributed by atoms with van der Waals surface area (Å²) in [5.41, 5.74) is 5.54. The van der Waals surface area contributed by atoms with Crippen molar-refractivity contribution in [2.24, 2.45) is 12.8 Å². The number of aryl methyl sites for hydroxylation is 1. The second kappa shape index (κ2) is 10.5. The molecule has 0 spiro atoms. The van der Waals surface area contributed by atoms with Gasteiger partial charge in [0.05, 0.1) is 10.6 Å². The van der Waals surface area contributed by atoms with E-state index in [1.807, 2.05) is 23.7 Å². The van der Waals surface area contributed by atoms with Gasteiger partial charge in [0.15, 0.2) is 0 Å². The average Bonchev–Trinajstić information content (AvgIpc) is 3.18. The molecule has 9 nitrogen and oxygen atoms in total. The second-order valence-electron chi connectivity index (χ2n) is 7.96. The van der Waals surface area contributed by atoms with Crippen LogP contribution >= 0.6 is 27.7 Å². The molecule has 34 heavy (non-hydrogen) atoms. The summed E-state index contributed by atoms with van der Waals surface area (Å²) in [6.07, 6.45) is 3.42. The van der Waals surface area contributed by atoms with E-state index in [-0.39, 0.29) is 9.36 Å². The van der Waals surface area contributed by atoms with Crippen LogP contribution in [0.3, 0.4) is 0 Å². The van der Waals surface area contributed by atoms with Crippen LogP contribution < -0.4 is 10.5 Å². The van der Waals surface area contributed by atoms with Crippen LogP contribution in [0.15, 0.2) is 70.3 Å². The van der Waals surface area contributed by atoms with Crippen molar-refractivity contribution in [3.63, 3.8) is 0 Å². The van der Waals surface area contributed by atoms with E-state index >= 15 is 0 Å². The highest BCUT2D eigenvalue weighted by molar-refractivity contribution is 9.10. The molecule has 0 radical (unpaired) electrons. The molecule has 2 aromatic carbocycles. The van der Waals surface area contributed by atoms with Crippen molar-refractivity contribution < 1.29 is 23.2 Å². The van der Waals surface area contributed by atoms with E-state index in [4.69, 9.17) is 10.5 Å². The molecule has 1 amide bonds. The zero-order valence-electron chi connectivity index (χ0n) is 18.8. The molecule has 0 aliphatic rings. The monoisotopic (exact) mass is 568 g/mol. The highest BCUT2D eigenvalue weighted by Gasteiger charge is 2.44. The molecule has 0 fully saturated rings. The Hall–Kier alpha value is -2.38. The lowest BCUT2D eigenvalue weighted by molar-refractivity contribution is -0.132. The number of thioether (sulfide) groups is 1. The molecule has 3 aromatic rings. The molecule has 0 saturated carbocycles. The molecule has 3 N–H and O–H groups in total. The molecule has 12 heteroatoms. The molecule has 0 saturated heterocycles. The number of hydrogen-bond acceptors (Lipinski definition) is 7. The van der Waals surface area contributed by atoms with Crippen LogP contribution in [0, 0.1) is 0 Å². The van der Waals surface area contributed by atoms with Gasteiger partial charge in [-0.15, -0.1) is 11.8 Å². The number of hydroxylamine groups is 1. The van der Waals surface area contributed by atoms with E-state index in [0.29, 0.717) is 17.3 Å². The Balaban J connectivity index is 1.79. The minimum absolute atomic E-state index is 0.0470. The number of rotatable bonds is 10. The van der Waals surface area contributed by atoms with Crippen molar-refractivity contribution in [2.75, 3.05) is 0 Å². The van der Waals surface area contributed by atoms with Gasteiger partial charge in [0.1, 0.15) is 23.4 Å². The summed E-state index contributed by atoms with van der Waals surface area (Å²) in [6, 6.07) is 11.1. The molecule has 1 atom stereocenters. The van der Waals surface area contributed by atoms with Crippen molar-refractivity contribution in [1.82, 2.24) is 14.0 Å². The van der Waals surface area contributed by atoms with Gasteiger partial charge in [-0.1, -0.05) is 20.4 Å². The molecular formula is C22H25BrN4O5S2. The van der Waals surface area contributed by atoms with Gasteiger partial charge in [0.2, 0.25) is 5.91 Å². The van der Waals surface area contributed by atoms with Crippen LogP contribution in [-0.2, 0) is 27.6 Å². The van der Waals surface area contributed by atoms with Crippen molar-refractivity contribution in [1.29, 1.82) is 0 Å². The number of nitrogens with zero attached hydrogens (tertiary/aromatic N) is 3.